The van der Waals surface area contributed by atoms with E-state index in [1.54, 1.807) is 0 Å². The van der Waals surface area contributed by atoms with Crippen molar-refractivity contribution in [1.82, 2.24) is 9.80 Å². The minimum Gasteiger partial charge on any atom is -0.368 e. The first-order valence-corrected chi connectivity index (χ1v) is 15.3. The second-order valence-corrected chi connectivity index (χ2v) is 11.8. The standard InChI is InChI=1S/C35H44N6O/c1-26-21-27(2)32(22-31(26)25-38-15-17-39(18-16-38)34-13-7-5-10-30(34)23-37)35(42)41-20-19-40(24-28(41)3)33-12-6-4-9-29(33)11-8-14-36/h4-7,9-10,12-13,21-22,28H,8,11,14-20,24-25,36H2,1-3H3/t28-/m1/s1. The van der Waals surface area contributed by atoms with Crippen LogP contribution in [0.25, 0.3) is 0 Å². The summed E-state index contributed by atoms with van der Waals surface area (Å²) in [5, 5.41) is 9.51. The molecule has 0 aromatic heterocycles. The number of amides is 1. The summed E-state index contributed by atoms with van der Waals surface area (Å²) in [4.78, 5) is 23.2. The fourth-order valence-corrected chi connectivity index (χ4v) is 6.49. The molecule has 3 aromatic carbocycles. The number of piperazine rings is 2. The van der Waals surface area contributed by atoms with Gasteiger partial charge in [0.15, 0.2) is 0 Å². The summed E-state index contributed by atoms with van der Waals surface area (Å²) in [5.41, 5.74) is 14.5. The molecule has 0 saturated carbocycles. The molecule has 0 spiro atoms. The van der Waals surface area contributed by atoms with Crippen molar-refractivity contribution >= 4 is 17.3 Å². The van der Waals surface area contributed by atoms with Gasteiger partial charge in [-0.15, -0.1) is 0 Å². The quantitative estimate of drug-likeness (QED) is 0.426. The molecular formula is C35H44N6O. The molecule has 220 valence electrons. The zero-order chi connectivity index (χ0) is 29.6. The van der Waals surface area contributed by atoms with Gasteiger partial charge in [0, 0.05) is 69.7 Å². The number of aryl methyl sites for hydroxylation is 3. The van der Waals surface area contributed by atoms with E-state index in [0.717, 1.165) is 81.0 Å². The van der Waals surface area contributed by atoms with Crippen molar-refractivity contribution in [3.8, 4) is 6.07 Å². The number of hydrogen-bond donors (Lipinski definition) is 1. The van der Waals surface area contributed by atoms with E-state index >= 15 is 0 Å². The Bertz CT molecular complexity index is 1440. The lowest BCUT2D eigenvalue weighted by Crippen LogP contribution is -2.54. The SMILES string of the molecule is Cc1cc(C)c(C(=O)N2CCN(c3ccccc3CCCN)C[C@H]2C)cc1CN1CCN(c2ccccc2C#N)CC1. The molecule has 7 heteroatoms. The highest BCUT2D eigenvalue weighted by Crippen LogP contribution is 2.27. The van der Waals surface area contributed by atoms with Gasteiger partial charge >= 0.3 is 0 Å². The molecular weight excluding hydrogens is 520 g/mol. The fourth-order valence-electron chi connectivity index (χ4n) is 6.49. The van der Waals surface area contributed by atoms with Crippen molar-refractivity contribution in [3.63, 3.8) is 0 Å². The summed E-state index contributed by atoms with van der Waals surface area (Å²) in [6.45, 7) is 13.9. The molecule has 1 amide bonds. The zero-order valence-corrected chi connectivity index (χ0v) is 25.4. The van der Waals surface area contributed by atoms with Gasteiger partial charge in [-0.1, -0.05) is 36.4 Å². The average Bonchev–Trinajstić information content (AvgIpc) is 3.01. The Labute approximate surface area is 251 Å². The first kappa shape index (κ1) is 29.6. The molecule has 1 atom stereocenters. The molecule has 3 aromatic rings. The van der Waals surface area contributed by atoms with Gasteiger partial charge in [0.2, 0.25) is 0 Å². The number of nitrogens with zero attached hydrogens (tertiary/aromatic N) is 5. The van der Waals surface area contributed by atoms with Gasteiger partial charge in [-0.05, 0) is 86.7 Å². The summed E-state index contributed by atoms with van der Waals surface area (Å²) in [5.74, 6) is 0.134. The van der Waals surface area contributed by atoms with Crippen molar-refractivity contribution in [1.29, 1.82) is 5.26 Å². The van der Waals surface area contributed by atoms with Crippen LogP contribution < -0.4 is 15.5 Å². The van der Waals surface area contributed by atoms with Crippen molar-refractivity contribution in [2.45, 2.75) is 46.2 Å². The summed E-state index contributed by atoms with van der Waals surface area (Å²) in [7, 11) is 0. The number of nitrogens with two attached hydrogens (primary N) is 1. The van der Waals surface area contributed by atoms with Crippen LogP contribution in [0.4, 0.5) is 11.4 Å². The van der Waals surface area contributed by atoms with Gasteiger partial charge in [-0.2, -0.15) is 5.26 Å². The van der Waals surface area contributed by atoms with Crippen LogP contribution in [0.5, 0.6) is 0 Å². The predicted molar refractivity (Wildman–Crippen MR) is 171 cm³/mol. The van der Waals surface area contributed by atoms with Gasteiger partial charge in [-0.3, -0.25) is 9.69 Å². The molecule has 0 aliphatic carbocycles. The van der Waals surface area contributed by atoms with E-state index in [1.807, 2.05) is 24.3 Å². The molecule has 42 heavy (non-hydrogen) atoms. The molecule has 0 bridgehead atoms. The molecule has 2 N–H and O–H groups in total. The lowest BCUT2D eigenvalue weighted by molar-refractivity contribution is 0.0673. The van der Waals surface area contributed by atoms with Gasteiger partial charge in [0.25, 0.3) is 5.91 Å². The first-order valence-electron chi connectivity index (χ1n) is 15.3. The average molecular weight is 565 g/mol. The van der Waals surface area contributed by atoms with Crippen molar-refractivity contribution in [3.05, 3.63) is 94.0 Å². The van der Waals surface area contributed by atoms with Gasteiger partial charge < -0.3 is 20.4 Å². The molecule has 7 nitrogen and oxygen atoms in total. The number of carbonyl (C=O) groups is 1. The van der Waals surface area contributed by atoms with Crippen LogP contribution in [0, 0.1) is 25.2 Å². The maximum absolute atomic E-state index is 13.9. The molecule has 0 unspecified atom stereocenters. The van der Waals surface area contributed by atoms with Crippen LogP contribution in [-0.4, -0.2) is 74.1 Å². The number of benzene rings is 3. The van der Waals surface area contributed by atoms with Crippen LogP contribution in [0.1, 0.15) is 51.5 Å². The fraction of sp³-hybridized carbons (Fsp3) is 0.429. The Morgan fingerprint density at radius 1 is 0.881 bits per heavy atom. The summed E-state index contributed by atoms with van der Waals surface area (Å²) in [6, 6.07) is 23.2. The second-order valence-electron chi connectivity index (χ2n) is 11.8. The second kappa shape index (κ2) is 13.4. The van der Waals surface area contributed by atoms with E-state index in [0.29, 0.717) is 13.1 Å². The molecule has 2 saturated heterocycles. The maximum Gasteiger partial charge on any atom is 0.254 e. The van der Waals surface area contributed by atoms with Crippen LogP contribution in [0.15, 0.2) is 60.7 Å². The Balaban J connectivity index is 1.24. The third-order valence-electron chi connectivity index (χ3n) is 8.92. The van der Waals surface area contributed by atoms with Crippen LogP contribution in [0.3, 0.4) is 0 Å². The number of para-hydroxylation sites is 2. The highest BCUT2D eigenvalue weighted by molar-refractivity contribution is 5.96. The van der Waals surface area contributed by atoms with Crippen molar-refractivity contribution in [2.24, 2.45) is 5.73 Å². The number of anilines is 2. The van der Waals surface area contributed by atoms with Gasteiger partial charge in [0.05, 0.1) is 11.3 Å². The lowest BCUT2D eigenvalue weighted by atomic mass is 9.97. The highest BCUT2D eigenvalue weighted by atomic mass is 16.2. The van der Waals surface area contributed by atoms with E-state index in [2.05, 4.69) is 82.8 Å². The number of nitriles is 1. The topological polar surface area (TPSA) is 79.8 Å². The molecule has 2 fully saturated rings. The number of carbonyl (C=O) groups excluding carboxylic acids is 1. The van der Waals surface area contributed by atoms with Crippen molar-refractivity contribution < 1.29 is 4.79 Å². The highest BCUT2D eigenvalue weighted by Gasteiger charge is 2.30. The molecule has 2 heterocycles. The largest absolute Gasteiger partial charge is 0.368 e. The van der Waals surface area contributed by atoms with E-state index in [9.17, 15) is 10.1 Å². The van der Waals surface area contributed by atoms with Gasteiger partial charge in [0.1, 0.15) is 6.07 Å². The van der Waals surface area contributed by atoms with Crippen LogP contribution in [-0.2, 0) is 13.0 Å². The minimum atomic E-state index is 0.113. The Hall–Kier alpha value is -3.86. The minimum absolute atomic E-state index is 0.113. The Morgan fingerprint density at radius 2 is 1.57 bits per heavy atom. The van der Waals surface area contributed by atoms with Crippen LogP contribution >= 0.6 is 0 Å². The first-order chi connectivity index (χ1) is 20.4. The molecule has 5 rings (SSSR count). The predicted octanol–water partition coefficient (Wildman–Crippen LogP) is 4.74. The van der Waals surface area contributed by atoms with Gasteiger partial charge in [-0.25, -0.2) is 0 Å². The third-order valence-corrected chi connectivity index (χ3v) is 8.92. The van der Waals surface area contributed by atoms with Crippen LogP contribution in [0.2, 0.25) is 0 Å². The third kappa shape index (κ3) is 6.46. The molecule has 0 radical (unpaired) electrons. The van der Waals surface area contributed by atoms with E-state index < -0.39 is 0 Å². The van der Waals surface area contributed by atoms with E-state index in [-0.39, 0.29) is 11.9 Å². The lowest BCUT2D eigenvalue weighted by Gasteiger charge is -2.42. The number of rotatable bonds is 8. The Morgan fingerprint density at radius 3 is 2.29 bits per heavy atom. The molecule has 2 aliphatic heterocycles. The normalized spacial score (nSPS) is 17.8. The summed E-state index contributed by atoms with van der Waals surface area (Å²) < 4.78 is 0. The van der Waals surface area contributed by atoms with Crippen molar-refractivity contribution in [2.75, 3.05) is 62.2 Å². The zero-order valence-electron chi connectivity index (χ0n) is 25.4. The van der Waals surface area contributed by atoms with E-state index in [1.165, 1.54) is 22.4 Å². The Kier molecular flexibility index (Phi) is 9.46. The smallest absolute Gasteiger partial charge is 0.254 e. The summed E-state index contributed by atoms with van der Waals surface area (Å²) >= 11 is 0. The monoisotopic (exact) mass is 564 g/mol. The van der Waals surface area contributed by atoms with E-state index in [4.69, 9.17) is 5.73 Å². The summed E-state index contributed by atoms with van der Waals surface area (Å²) in [6.07, 6.45) is 1.96. The molecule has 2 aliphatic rings. The number of hydrogen-bond acceptors (Lipinski definition) is 6. The maximum atomic E-state index is 13.9.